The Morgan fingerprint density at radius 1 is 1.08 bits per heavy atom. The lowest BCUT2D eigenvalue weighted by atomic mass is 9.68. The van der Waals surface area contributed by atoms with Crippen molar-refractivity contribution in [1.82, 2.24) is 15.1 Å². The molecule has 200 valence electrons. The highest BCUT2D eigenvalue weighted by molar-refractivity contribution is 5.95. The van der Waals surface area contributed by atoms with E-state index in [2.05, 4.69) is 10.2 Å². The molecule has 2 aliphatic rings. The van der Waals surface area contributed by atoms with Gasteiger partial charge in [-0.1, -0.05) is 12.1 Å². The van der Waals surface area contributed by atoms with E-state index in [9.17, 15) is 27.9 Å². The maximum Gasteiger partial charge on any atom is 0.421 e. The van der Waals surface area contributed by atoms with Gasteiger partial charge in [-0.2, -0.15) is 23.4 Å². The topological polar surface area (TPSA) is 92.6 Å². The van der Waals surface area contributed by atoms with Gasteiger partial charge in [0.05, 0.1) is 18.2 Å². The number of alkyl halides is 3. The summed E-state index contributed by atoms with van der Waals surface area (Å²) in [4.78, 5) is 28.6. The van der Waals surface area contributed by atoms with Crippen molar-refractivity contribution >= 4 is 11.9 Å². The van der Waals surface area contributed by atoms with E-state index in [0.717, 1.165) is 30.5 Å². The fourth-order valence-electron chi connectivity index (χ4n) is 5.32. The SMILES string of the molecule is CCOC(=O)C1(c2ccnnc2)CCC(N(C(=O)c2ccc([C@](C)(O)C(F)(F)F)cc2)C2(C)CC2)CC1. The summed E-state index contributed by atoms with van der Waals surface area (Å²) in [5.74, 6) is -0.582. The van der Waals surface area contributed by atoms with Gasteiger partial charge in [0.25, 0.3) is 5.91 Å². The lowest BCUT2D eigenvalue weighted by Crippen LogP contribution is -2.52. The van der Waals surface area contributed by atoms with Crippen molar-refractivity contribution in [3.63, 3.8) is 0 Å². The van der Waals surface area contributed by atoms with Gasteiger partial charge in [-0.05, 0) is 88.6 Å². The van der Waals surface area contributed by atoms with Crippen LogP contribution in [0.5, 0.6) is 0 Å². The fourth-order valence-corrected chi connectivity index (χ4v) is 5.32. The monoisotopic (exact) mass is 519 g/mol. The number of ether oxygens (including phenoxy) is 1. The van der Waals surface area contributed by atoms with Gasteiger partial charge in [-0.25, -0.2) is 0 Å². The molecule has 0 bridgehead atoms. The smallest absolute Gasteiger partial charge is 0.421 e. The molecule has 2 aromatic rings. The summed E-state index contributed by atoms with van der Waals surface area (Å²) in [6, 6.07) is 6.60. The number of benzene rings is 1. The third-order valence-electron chi connectivity index (χ3n) is 8.00. The first-order valence-electron chi connectivity index (χ1n) is 12.5. The van der Waals surface area contributed by atoms with Crippen molar-refractivity contribution in [2.45, 2.75) is 88.1 Å². The van der Waals surface area contributed by atoms with Crippen LogP contribution in [0.1, 0.15) is 80.8 Å². The van der Waals surface area contributed by atoms with Gasteiger partial charge >= 0.3 is 12.1 Å². The van der Waals surface area contributed by atoms with Gasteiger partial charge in [0, 0.05) is 23.3 Å². The van der Waals surface area contributed by atoms with Gasteiger partial charge < -0.3 is 14.7 Å². The number of hydrogen-bond acceptors (Lipinski definition) is 6. The van der Waals surface area contributed by atoms with Gasteiger partial charge in [0.15, 0.2) is 5.60 Å². The lowest BCUT2D eigenvalue weighted by molar-refractivity contribution is -0.258. The minimum absolute atomic E-state index is 0.143. The molecular formula is C27H32F3N3O4. The van der Waals surface area contributed by atoms with E-state index in [0.29, 0.717) is 32.6 Å². The molecule has 4 rings (SSSR count). The number of nitrogens with zero attached hydrogens (tertiary/aromatic N) is 3. The minimum atomic E-state index is -4.84. The van der Waals surface area contributed by atoms with Crippen molar-refractivity contribution in [3.8, 4) is 0 Å². The summed E-state index contributed by atoms with van der Waals surface area (Å²) in [6.45, 7) is 4.71. The van der Waals surface area contributed by atoms with Crippen LogP contribution in [0.4, 0.5) is 13.2 Å². The summed E-state index contributed by atoms with van der Waals surface area (Å²) in [5.41, 5.74) is -3.56. The zero-order valence-corrected chi connectivity index (χ0v) is 21.2. The predicted molar refractivity (Wildman–Crippen MR) is 128 cm³/mol. The maximum absolute atomic E-state index is 13.7. The average molecular weight is 520 g/mol. The second-order valence-electron chi connectivity index (χ2n) is 10.5. The first kappa shape index (κ1) is 27.0. The second kappa shape index (κ2) is 9.70. The molecule has 1 heterocycles. The largest absolute Gasteiger partial charge is 0.465 e. The van der Waals surface area contributed by atoms with Crippen LogP contribution in [0.2, 0.25) is 0 Å². The molecule has 2 fully saturated rings. The Balaban J connectivity index is 1.57. The zero-order valence-electron chi connectivity index (χ0n) is 21.2. The summed E-state index contributed by atoms with van der Waals surface area (Å²) < 4.78 is 45.1. The van der Waals surface area contributed by atoms with Crippen molar-refractivity contribution < 1.29 is 32.6 Å². The third-order valence-corrected chi connectivity index (χ3v) is 8.00. The van der Waals surface area contributed by atoms with Crippen LogP contribution in [-0.2, 0) is 20.5 Å². The number of carbonyl (C=O) groups excluding carboxylic acids is 2. The number of halogens is 3. The summed E-state index contributed by atoms with van der Waals surface area (Å²) >= 11 is 0. The molecule has 1 aromatic carbocycles. The summed E-state index contributed by atoms with van der Waals surface area (Å²) in [6.07, 6.45) is 1.99. The van der Waals surface area contributed by atoms with Crippen molar-refractivity contribution in [1.29, 1.82) is 0 Å². The number of carbonyl (C=O) groups is 2. The van der Waals surface area contributed by atoms with Crippen LogP contribution in [0.3, 0.4) is 0 Å². The number of rotatable bonds is 7. The lowest BCUT2D eigenvalue weighted by Gasteiger charge is -2.44. The molecule has 2 aliphatic carbocycles. The Labute approximate surface area is 214 Å². The molecular weight excluding hydrogens is 487 g/mol. The molecule has 0 aliphatic heterocycles. The van der Waals surface area contributed by atoms with E-state index in [1.54, 1.807) is 25.4 Å². The summed E-state index contributed by atoms with van der Waals surface area (Å²) in [5, 5.41) is 17.7. The number of hydrogen-bond donors (Lipinski definition) is 1. The van der Waals surface area contributed by atoms with E-state index < -0.39 is 17.2 Å². The van der Waals surface area contributed by atoms with Gasteiger partial charge in [0.2, 0.25) is 0 Å². The maximum atomic E-state index is 13.7. The highest BCUT2D eigenvalue weighted by Gasteiger charge is 2.53. The fraction of sp³-hybridized carbons (Fsp3) is 0.556. The van der Waals surface area contributed by atoms with Crippen LogP contribution < -0.4 is 0 Å². The molecule has 2 saturated carbocycles. The van der Waals surface area contributed by atoms with E-state index in [1.165, 1.54) is 12.1 Å². The molecule has 0 saturated heterocycles. The Morgan fingerprint density at radius 3 is 2.19 bits per heavy atom. The van der Waals surface area contributed by atoms with E-state index in [-0.39, 0.29) is 41.2 Å². The predicted octanol–water partition coefficient (Wildman–Crippen LogP) is 4.68. The highest BCUT2D eigenvalue weighted by Crippen LogP contribution is 2.48. The Hall–Kier alpha value is -3.01. The molecule has 1 amide bonds. The number of aromatic nitrogens is 2. The van der Waals surface area contributed by atoms with Crippen LogP contribution in [0.15, 0.2) is 42.7 Å². The van der Waals surface area contributed by atoms with E-state index in [1.807, 2.05) is 11.8 Å². The standard InChI is InChI=1S/C27H32F3N3O4/c1-4-37-23(35)26(20-11-16-31-32-17-20)12-9-21(10-13-26)33(24(2)14-15-24)22(34)18-5-7-19(8-6-18)25(3,36)27(28,29)30/h5-8,11,16-17,21,36H,4,9-10,12-15H2,1-3H3/t21?,25-,26?/m0/s1. The molecule has 0 radical (unpaired) electrons. The van der Waals surface area contributed by atoms with Gasteiger partial charge in [-0.15, -0.1) is 0 Å². The molecule has 1 N–H and O–H groups in total. The molecule has 0 spiro atoms. The zero-order chi connectivity index (χ0) is 27.1. The Morgan fingerprint density at radius 2 is 1.70 bits per heavy atom. The van der Waals surface area contributed by atoms with E-state index in [4.69, 9.17) is 4.74 Å². The minimum Gasteiger partial charge on any atom is -0.465 e. The van der Waals surface area contributed by atoms with E-state index >= 15 is 0 Å². The molecule has 0 unspecified atom stereocenters. The quantitative estimate of drug-likeness (QED) is 0.534. The summed E-state index contributed by atoms with van der Waals surface area (Å²) in [7, 11) is 0. The van der Waals surface area contributed by atoms with Crippen molar-refractivity contribution in [2.75, 3.05) is 6.61 Å². The second-order valence-corrected chi connectivity index (χ2v) is 10.5. The van der Waals surface area contributed by atoms with Crippen LogP contribution >= 0.6 is 0 Å². The Kier molecular flexibility index (Phi) is 7.09. The molecule has 10 heteroatoms. The molecule has 7 nitrogen and oxygen atoms in total. The number of amides is 1. The third kappa shape index (κ3) is 4.95. The average Bonchev–Trinajstić information content (AvgIpc) is 3.62. The first-order chi connectivity index (χ1) is 17.4. The van der Waals surface area contributed by atoms with Crippen LogP contribution in [-0.4, -0.2) is 56.4 Å². The highest BCUT2D eigenvalue weighted by atomic mass is 19.4. The molecule has 1 aromatic heterocycles. The van der Waals surface area contributed by atoms with Crippen LogP contribution in [0.25, 0.3) is 0 Å². The van der Waals surface area contributed by atoms with Gasteiger partial charge in [-0.3, -0.25) is 9.59 Å². The number of aliphatic hydroxyl groups is 1. The van der Waals surface area contributed by atoms with Crippen molar-refractivity contribution in [2.24, 2.45) is 0 Å². The van der Waals surface area contributed by atoms with Crippen molar-refractivity contribution in [3.05, 3.63) is 59.4 Å². The van der Waals surface area contributed by atoms with Crippen LogP contribution in [0, 0.1) is 0 Å². The number of esters is 1. The molecule has 37 heavy (non-hydrogen) atoms. The Bertz CT molecular complexity index is 1120. The van der Waals surface area contributed by atoms with Gasteiger partial charge in [0.1, 0.15) is 0 Å². The first-order valence-corrected chi connectivity index (χ1v) is 12.5. The normalized spacial score (nSPS) is 24.6. The molecule has 1 atom stereocenters.